The Kier molecular flexibility index (Phi) is 12.9. The van der Waals surface area contributed by atoms with Gasteiger partial charge in [-0.15, -0.1) is 11.3 Å². The summed E-state index contributed by atoms with van der Waals surface area (Å²) in [5, 5.41) is 14.6. The first-order valence-corrected chi connectivity index (χ1v) is 17.3. The molecule has 0 bridgehead atoms. The van der Waals surface area contributed by atoms with Gasteiger partial charge in [0.2, 0.25) is 5.91 Å². The predicted molar refractivity (Wildman–Crippen MR) is 190 cm³/mol. The van der Waals surface area contributed by atoms with Crippen molar-refractivity contribution in [2.75, 3.05) is 6.61 Å². The van der Waals surface area contributed by atoms with E-state index in [1.54, 1.807) is 18.5 Å². The van der Waals surface area contributed by atoms with Gasteiger partial charge < -0.3 is 20.5 Å². The van der Waals surface area contributed by atoms with Gasteiger partial charge >= 0.3 is 5.97 Å². The summed E-state index contributed by atoms with van der Waals surface area (Å²) in [5.41, 5.74) is 3.35. The van der Waals surface area contributed by atoms with Crippen LogP contribution in [0.1, 0.15) is 86.8 Å². The molecule has 0 unspecified atom stereocenters. The third-order valence-electron chi connectivity index (χ3n) is 7.93. The molecule has 9 nitrogen and oxygen atoms in total. The molecule has 0 saturated heterocycles. The maximum atomic E-state index is 13.2. The number of thiophene rings is 1. The van der Waals surface area contributed by atoms with Gasteiger partial charge in [0.05, 0.1) is 11.5 Å². The highest BCUT2D eigenvalue weighted by atomic mass is 32.1. The van der Waals surface area contributed by atoms with Gasteiger partial charge in [-0.3, -0.25) is 14.4 Å². The van der Waals surface area contributed by atoms with Crippen LogP contribution in [0, 0.1) is 0 Å². The van der Waals surface area contributed by atoms with E-state index in [2.05, 4.69) is 48.3 Å². The fourth-order valence-electron chi connectivity index (χ4n) is 4.97. The number of carboxylic acids is 1. The molecule has 2 atom stereocenters. The van der Waals surface area contributed by atoms with Crippen LogP contribution in [0.2, 0.25) is 0 Å². The van der Waals surface area contributed by atoms with E-state index in [0.29, 0.717) is 10.7 Å². The van der Waals surface area contributed by atoms with Gasteiger partial charge in [-0.05, 0) is 54.2 Å². The SMILES string of the molecule is CCCCCCCOc1ccc(-c2cnc(-c3ccc(C[C@H](NC(=O)c4ccc(C(C)(C)C)s4)C(=O)N[C@@H](C)C(=O)O)cc3)nc2)cc1. The highest BCUT2D eigenvalue weighted by molar-refractivity contribution is 7.14. The number of hydrogen-bond donors (Lipinski definition) is 3. The number of rotatable bonds is 16. The summed E-state index contributed by atoms with van der Waals surface area (Å²) in [6, 6.07) is 17.0. The Morgan fingerprint density at radius 2 is 1.48 bits per heavy atom. The average Bonchev–Trinajstić information content (AvgIpc) is 3.59. The summed E-state index contributed by atoms with van der Waals surface area (Å²) >= 11 is 1.37. The molecular formula is C38H46N4O5S. The summed E-state index contributed by atoms with van der Waals surface area (Å²) < 4.78 is 5.88. The van der Waals surface area contributed by atoms with Crippen molar-refractivity contribution in [2.24, 2.45) is 0 Å². The standard InChI is InChI=1S/C38H46N4O5S/c1-6-7-8-9-10-21-47-30-17-15-27(16-18-30)29-23-39-34(40-24-29)28-13-11-26(12-14-28)22-31(35(43)41-25(2)37(45)46)42-36(44)32-19-20-33(48-32)38(3,4)5/h11-20,23-25,31H,6-10,21-22H2,1-5H3,(H,41,43)(H,42,44)(H,45,46)/t25-,31-/m0/s1. The molecule has 0 radical (unpaired) electrons. The minimum atomic E-state index is -1.16. The Bertz CT molecular complexity index is 1640. The first-order valence-electron chi connectivity index (χ1n) is 16.5. The zero-order valence-electron chi connectivity index (χ0n) is 28.4. The maximum absolute atomic E-state index is 13.2. The molecule has 2 aromatic carbocycles. The second-order valence-electron chi connectivity index (χ2n) is 13.0. The third-order valence-corrected chi connectivity index (χ3v) is 9.44. The number of nitrogens with zero attached hydrogens (tertiary/aromatic N) is 2. The molecular weight excluding hydrogens is 625 g/mol. The molecule has 10 heteroatoms. The number of amides is 2. The van der Waals surface area contributed by atoms with Crippen LogP contribution < -0.4 is 15.4 Å². The lowest BCUT2D eigenvalue weighted by Crippen LogP contribution is -2.51. The van der Waals surface area contributed by atoms with E-state index in [4.69, 9.17) is 4.74 Å². The van der Waals surface area contributed by atoms with Crippen LogP contribution in [0.4, 0.5) is 0 Å². The van der Waals surface area contributed by atoms with Crippen LogP contribution in [-0.2, 0) is 21.4 Å². The van der Waals surface area contributed by atoms with Gasteiger partial charge in [-0.25, -0.2) is 9.97 Å². The number of nitrogens with one attached hydrogen (secondary N) is 2. The number of ether oxygens (including phenoxy) is 1. The number of aromatic nitrogens is 2. The average molecular weight is 671 g/mol. The van der Waals surface area contributed by atoms with Crippen molar-refractivity contribution in [2.45, 2.75) is 90.6 Å². The van der Waals surface area contributed by atoms with Crippen molar-refractivity contribution in [1.82, 2.24) is 20.6 Å². The van der Waals surface area contributed by atoms with E-state index in [9.17, 15) is 19.5 Å². The molecule has 254 valence electrons. The van der Waals surface area contributed by atoms with Crippen LogP contribution in [0.3, 0.4) is 0 Å². The Morgan fingerprint density at radius 3 is 2.08 bits per heavy atom. The monoisotopic (exact) mass is 670 g/mol. The van der Waals surface area contributed by atoms with Crippen molar-refractivity contribution in [1.29, 1.82) is 0 Å². The topological polar surface area (TPSA) is 131 Å². The lowest BCUT2D eigenvalue weighted by molar-refractivity contribution is -0.141. The first-order chi connectivity index (χ1) is 22.9. The second kappa shape index (κ2) is 17.0. The number of hydrogen-bond acceptors (Lipinski definition) is 7. The van der Waals surface area contributed by atoms with Crippen LogP contribution in [0.15, 0.2) is 73.1 Å². The Hall–Kier alpha value is -4.57. The normalized spacial score (nSPS) is 12.6. The number of carboxylic acid groups (broad SMARTS) is 1. The van der Waals surface area contributed by atoms with E-state index in [-0.39, 0.29) is 17.7 Å². The van der Waals surface area contributed by atoms with Crippen LogP contribution >= 0.6 is 11.3 Å². The van der Waals surface area contributed by atoms with Crippen molar-refractivity contribution < 1.29 is 24.2 Å². The number of unbranched alkanes of at least 4 members (excludes halogenated alkanes) is 4. The van der Waals surface area contributed by atoms with Gasteiger partial charge in [0.1, 0.15) is 17.8 Å². The number of benzene rings is 2. The van der Waals surface area contributed by atoms with Crippen molar-refractivity contribution in [3.05, 3.63) is 88.4 Å². The summed E-state index contributed by atoms with van der Waals surface area (Å²) in [7, 11) is 0. The Labute approximate surface area is 287 Å². The quantitative estimate of drug-likeness (QED) is 0.106. The number of carbonyl (C=O) groups excluding carboxylic acids is 2. The largest absolute Gasteiger partial charge is 0.494 e. The predicted octanol–water partition coefficient (Wildman–Crippen LogP) is 7.45. The molecule has 0 aliphatic heterocycles. The minimum Gasteiger partial charge on any atom is -0.494 e. The minimum absolute atomic E-state index is 0.115. The fraction of sp³-hybridized carbons (Fsp3) is 0.395. The molecule has 0 saturated carbocycles. The van der Waals surface area contributed by atoms with E-state index < -0.39 is 24.0 Å². The number of aliphatic carboxylic acids is 1. The first kappa shape index (κ1) is 36.3. The fourth-order valence-corrected chi connectivity index (χ4v) is 5.94. The zero-order valence-corrected chi connectivity index (χ0v) is 29.2. The van der Waals surface area contributed by atoms with Crippen molar-refractivity contribution in [3.8, 4) is 28.3 Å². The molecule has 2 amide bonds. The Morgan fingerprint density at radius 1 is 0.833 bits per heavy atom. The van der Waals surface area contributed by atoms with Gasteiger partial charge in [0, 0.05) is 34.8 Å². The van der Waals surface area contributed by atoms with E-state index in [1.807, 2.05) is 54.6 Å². The van der Waals surface area contributed by atoms with E-state index in [1.165, 1.54) is 43.9 Å². The highest BCUT2D eigenvalue weighted by Crippen LogP contribution is 2.29. The second-order valence-corrected chi connectivity index (χ2v) is 14.1. The lowest BCUT2D eigenvalue weighted by Gasteiger charge is -2.20. The maximum Gasteiger partial charge on any atom is 0.325 e. The van der Waals surface area contributed by atoms with E-state index >= 15 is 0 Å². The molecule has 3 N–H and O–H groups in total. The summed E-state index contributed by atoms with van der Waals surface area (Å²) in [4.78, 5) is 48.4. The molecule has 2 heterocycles. The van der Waals surface area contributed by atoms with Gasteiger partial charge in [-0.2, -0.15) is 0 Å². The lowest BCUT2D eigenvalue weighted by atomic mass is 9.95. The number of carbonyl (C=O) groups is 3. The Balaban J connectivity index is 1.40. The molecule has 4 aromatic rings. The van der Waals surface area contributed by atoms with Crippen LogP contribution in [0.25, 0.3) is 22.5 Å². The molecule has 0 spiro atoms. The molecule has 4 rings (SSSR count). The van der Waals surface area contributed by atoms with Gasteiger partial charge in [-0.1, -0.05) is 89.8 Å². The van der Waals surface area contributed by atoms with Crippen LogP contribution in [0.5, 0.6) is 5.75 Å². The molecule has 2 aromatic heterocycles. The van der Waals surface area contributed by atoms with Gasteiger partial charge in [0.15, 0.2) is 5.82 Å². The summed E-state index contributed by atoms with van der Waals surface area (Å²) in [6.45, 7) is 10.5. The zero-order chi connectivity index (χ0) is 34.7. The highest BCUT2D eigenvalue weighted by Gasteiger charge is 2.26. The molecule has 0 fully saturated rings. The smallest absolute Gasteiger partial charge is 0.325 e. The summed E-state index contributed by atoms with van der Waals surface area (Å²) in [5.74, 6) is -0.715. The van der Waals surface area contributed by atoms with Gasteiger partial charge in [0.25, 0.3) is 5.91 Å². The molecule has 48 heavy (non-hydrogen) atoms. The van der Waals surface area contributed by atoms with Crippen LogP contribution in [-0.4, -0.2) is 51.5 Å². The van der Waals surface area contributed by atoms with E-state index in [0.717, 1.165) is 45.9 Å². The summed E-state index contributed by atoms with van der Waals surface area (Å²) in [6.07, 6.45) is 9.75. The molecule has 0 aliphatic carbocycles. The van der Waals surface area contributed by atoms with Crippen molar-refractivity contribution in [3.63, 3.8) is 0 Å². The van der Waals surface area contributed by atoms with Crippen molar-refractivity contribution >= 4 is 29.1 Å². The third kappa shape index (κ3) is 10.5. The molecule has 0 aliphatic rings.